The minimum Gasteiger partial charge on any atom is -0.324 e. The van der Waals surface area contributed by atoms with Gasteiger partial charge >= 0.3 is 0 Å². The van der Waals surface area contributed by atoms with Crippen LogP contribution >= 0.6 is 0 Å². The van der Waals surface area contributed by atoms with Crippen LogP contribution in [0, 0.1) is 5.92 Å². The van der Waals surface area contributed by atoms with Gasteiger partial charge in [0, 0.05) is 12.2 Å². The van der Waals surface area contributed by atoms with E-state index in [1.165, 1.54) is 31.5 Å². The van der Waals surface area contributed by atoms with Crippen molar-refractivity contribution in [3.8, 4) is 0 Å². The summed E-state index contributed by atoms with van der Waals surface area (Å²) in [5.74, 6) is 0.518. The van der Waals surface area contributed by atoms with Crippen molar-refractivity contribution in [1.29, 1.82) is 0 Å². The first-order valence-electron chi connectivity index (χ1n) is 8.08. The standard InChI is InChI=1S/C17H25N3O/c1-13-8-9-18-16(13)17(21)19-15-7-3-2-6-14(15)12-20-10-4-5-11-20/h2-3,6-7,13,16,18H,4-5,8-12H2,1H3,(H,19,21). The molecular formula is C17H25N3O. The van der Waals surface area contributed by atoms with Crippen LogP contribution in [-0.4, -0.2) is 36.5 Å². The van der Waals surface area contributed by atoms with Gasteiger partial charge < -0.3 is 10.6 Å². The Labute approximate surface area is 126 Å². The van der Waals surface area contributed by atoms with Crippen molar-refractivity contribution < 1.29 is 4.79 Å². The van der Waals surface area contributed by atoms with Gasteiger partial charge in [-0.25, -0.2) is 0 Å². The lowest BCUT2D eigenvalue weighted by molar-refractivity contribution is -0.118. The number of anilines is 1. The summed E-state index contributed by atoms with van der Waals surface area (Å²) in [5.41, 5.74) is 2.19. The first-order valence-corrected chi connectivity index (χ1v) is 8.08. The highest BCUT2D eigenvalue weighted by Crippen LogP contribution is 2.22. The minimum absolute atomic E-state index is 0.0511. The second kappa shape index (κ2) is 6.58. The second-order valence-electron chi connectivity index (χ2n) is 6.33. The van der Waals surface area contributed by atoms with E-state index >= 15 is 0 Å². The highest BCUT2D eigenvalue weighted by Gasteiger charge is 2.29. The number of benzene rings is 1. The summed E-state index contributed by atoms with van der Waals surface area (Å²) in [5, 5.41) is 6.43. The summed E-state index contributed by atoms with van der Waals surface area (Å²) in [7, 11) is 0. The maximum atomic E-state index is 12.4. The Balaban J connectivity index is 1.68. The lowest BCUT2D eigenvalue weighted by atomic mass is 10.0. The Morgan fingerprint density at radius 3 is 2.81 bits per heavy atom. The summed E-state index contributed by atoms with van der Waals surface area (Å²) in [6, 6.07) is 8.14. The van der Waals surface area contributed by atoms with E-state index in [0.29, 0.717) is 5.92 Å². The van der Waals surface area contributed by atoms with Gasteiger partial charge in [0.15, 0.2) is 0 Å². The number of para-hydroxylation sites is 1. The summed E-state index contributed by atoms with van der Waals surface area (Å²) >= 11 is 0. The van der Waals surface area contributed by atoms with Crippen molar-refractivity contribution in [1.82, 2.24) is 10.2 Å². The van der Waals surface area contributed by atoms with Crippen LogP contribution in [0.25, 0.3) is 0 Å². The summed E-state index contributed by atoms with van der Waals surface area (Å²) < 4.78 is 0. The maximum Gasteiger partial charge on any atom is 0.241 e. The molecule has 2 N–H and O–H groups in total. The number of amides is 1. The number of nitrogens with zero attached hydrogens (tertiary/aromatic N) is 1. The molecule has 1 amide bonds. The fourth-order valence-electron chi connectivity index (χ4n) is 3.36. The molecule has 2 saturated heterocycles. The largest absolute Gasteiger partial charge is 0.324 e. The summed E-state index contributed by atoms with van der Waals surface area (Å²) in [6.45, 7) is 6.35. The van der Waals surface area contributed by atoms with E-state index in [0.717, 1.165) is 25.2 Å². The van der Waals surface area contributed by atoms with Gasteiger partial charge in [-0.2, -0.15) is 0 Å². The molecule has 0 aliphatic carbocycles. The van der Waals surface area contributed by atoms with Gasteiger partial charge in [-0.1, -0.05) is 25.1 Å². The van der Waals surface area contributed by atoms with Gasteiger partial charge in [0.25, 0.3) is 0 Å². The van der Waals surface area contributed by atoms with Crippen molar-refractivity contribution in [2.24, 2.45) is 5.92 Å². The molecule has 1 aromatic rings. The van der Waals surface area contributed by atoms with E-state index in [9.17, 15) is 4.79 Å². The van der Waals surface area contributed by atoms with Crippen LogP contribution in [-0.2, 0) is 11.3 Å². The smallest absolute Gasteiger partial charge is 0.241 e. The molecule has 0 saturated carbocycles. The first-order chi connectivity index (χ1) is 10.2. The van der Waals surface area contributed by atoms with E-state index in [4.69, 9.17) is 0 Å². The van der Waals surface area contributed by atoms with E-state index in [1.807, 2.05) is 12.1 Å². The molecule has 2 aliphatic heterocycles. The number of hydrogen-bond acceptors (Lipinski definition) is 3. The SMILES string of the molecule is CC1CCNC1C(=O)Nc1ccccc1CN1CCCC1. The quantitative estimate of drug-likeness (QED) is 0.892. The van der Waals surface area contributed by atoms with Crippen molar-refractivity contribution in [3.63, 3.8) is 0 Å². The van der Waals surface area contributed by atoms with Crippen molar-refractivity contribution in [2.45, 2.75) is 38.8 Å². The third kappa shape index (κ3) is 3.44. The Morgan fingerprint density at radius 1 is 1.33 bits per heavy atom. The number of carbonyl (C=O) groups excluding carboxylic acids is 1. The third-order valence-electron chi connectivity index (χ3n) is 4.68. The molecule has 0 radical (unpaired) electrons. The van der Waals surface area contributed by atoms with E-state index in [-0.39, 0.29) is 11.9 Å². The Bertz CT molecular complexity index is 497. The molecule has 2 atom stereocenters. The van der Waals surface area contributed by atoms with E-state index in [2.05, 4.69) is 34.6 Å². The van der Waals surface area contributed by atoms with E-state index in [1.54, 1.807) is 0 Å². The number of hydrogen-bond donors (Lipinski definition) is 2. The molecule has 2 fully saturated rings. The normalized spacial score (nSPS) is 26.1. The van der Waals surface area contributed by atoms with Gasteiger partial charge in [0.2, 0.25) is 5.91 Å². The molecule has 2 aliphatic rings. The molecular weight excluding hydrogens is 262 g/mol. The third-order valence-corrected chi connectivity index (χ3v) is 4.68. The second-order valence-corrected chi connectivity index (χ2v) is 6.33. The van der Waals surface area contributed by atoms with Crippen molar-refractivity contribution in [2.75, 3.05) is 25.0 Å². The van der Waals surface area contributed by atoms with Crippen molar-refractivity contribution in [3.05, 3.63) is 29.8 Å². The van der Waals surface area contributed by atoms with Gasteiger partial charge in [0.05, 0.1) is 6.04 Å². The van der Waals surface area contributed by atoms with Crippen LogP contribution in [0.4, 0.5) is 5.69 Å². The highest BCUT2D eigenvalue weighted by molar-refractivity contribution is 5.95. The molecule has 1 aromatic carbocycles. The number of likely N-dealkylation sites (tertiary alicyclic amines) is 1. The predicted molar refractivity (Wildman–Crippen MR) is 85.2 cm³/mol. The Hall–Kier alpha value is -1.39. The highest BCUT2D eigenvalue weighted by atomic mass is 16.2. The zero-order valence-electron chi connectivity index (χ0n) is 12.8. The average molecular weight is 287 g/mol. The van der Waals surface area contributed by atoms with Crippen LogP contribution in [0.1, 0.15) is 31.7 Å². The van der Waals surface area contributed by atoms with Crippen LogP contribution < -0.4 is 10.6 Å². The molecule has 3 rings (SSSR count). The zero-order valence-corrected chi connectivity index (χ0v) is 12.8. The topological polar surface area (TPSA) is 44.4 Å². The van der Waals surface area contributed by atoms with Crippen molar-refractivity contribution >= 4 is 11.6 Å². The lowest BCUT2D eigenvalue weighted by Gasteiger charge is -2.20. The predicted octanol–water partition coefficient (Wildman–Crippen LogP) is 2.22. The van der Waals surface area contributed by atoms with Gasteiger partial charge in [-0.15, -0.1) is 0 Å². The van der Waals surface area contributed by atoms with Crippen LogP contribution in [0.3, 0.4) is 0 Å². The molecule has 0 spiro atoms. The average Bonchev–Trinajstić information content (AvgIpc) is 3.12. The number of nitrogens with one attached hydrogen (secondary N) is 2. The molecule has 2 unspecified atom stereocenters. The van der Waals surface area contributed by atoms with Gasteiger partial charge in [-0.05, 0) is 56.4 Å². The van der Waals surface area contributed by atoms with Crippen LogP contribution in [0.2, 0.25) is 0 Å². The van der Waals surface area contributed by atoms with Crippen LogP contribution in [0.15, 0.2) is 24.3 Å². The van der Waals surface area contributed by atoms with Gasteiger partial charge in [0.1, 0.15) is 0 Å². The lowest BCUT2D eigenvalue weighted by Crippen LogP contribution is -2.39. The Kier molecular flexibility index (Phi) is 4.56. The molecule has 114 valence electrons. The molecule has 4 heteroatoms. The monoisotopic (exact) mass is 287 g/mol. The number of carbonyl (C=O) groups is 1. The fourth-order valence-corrected chi connectivity index (χ4v) is 3.36. The minimum atomic E-state index is -0.0511. The number of rotatable bonds is 4. The van der Waals surface area contributed by atoms with E-state index < -0.39 is 0 Å². The zero-order chi connectivity index (χ0) is 14.7. The molecule has 0 aromatic heterocycles. The molecule has 21 heavy (non-hydrogen) atoms. The maximum absolute atomic E-state index is 12.4. The fraction of sp³-hybridized carbons (Fsp3) is 0.588. The van der Waals surface area contributed by atoms with Crippen LogP contribution in [0.5, 0.6) is 0 Å². The summed E-state index contributed by atoms with van der Waals surface area (Å²) in [4.78, 5) is 14.9. The Morgan fingerprint density at radius 2 is 2.10 bits per heavy atom. The molecule has 4 nitrogen and oxygen atoms in total. The summed E-state index contributed by atoms with van der Waals surface area (Å²) in [6.07, 6.45) is 3.66. The molecule has 0 bridgehead atoms. The molecule has 2 heterocycles. The van der Waals surface area contributed by atoms with Gasteiger partial charge in [-0.3, -0.25) is 9.69 Å². The first kappa shape index (κ1) is 14.5.